The SMILES string of the molecule is CC(C)C[C@H]1c2nc(C3CC3)nn2CCN1C(=O)CN1CCCCCC1=O. The van der Waals surface area contributed by atoms with E-state index in [0.29, 0.717) is 37.9 Å². The zero-order valence-corrected chi connectivity index (χ0v) is 16.6. The van der Waals surface area contributed by atoms with Crippen molar-refractivity contribution in [3.8, 4) is 0 Å². The fraction of sp³-hybridized carbons (Fsp3) is 0.800. The first-order chi connectivity index (χ1) is 13.0. The molecule has 0 bridgehead atoms. The van der Waals surface area contributed by atoms with Crippen LogP contribution in [0.1, 0.15) is 82.4 Å². The van der Waals surface area contributed by atoms with Gasteiger partial charge in [-0.1, -0.05) is 20.3 Å². The Morgan fingerprint density at radius 1 is 1.15 bits per heavy atom. The summed E-state index contributed by atoms with van der Waals surface area (Å²) in [7, 11) is 0. The number of rotatable bonds is 5. The number of aromatic nitrogens is 3. The highest BCUT2D eigenvalue weighted by Crippen LogP contribution is 2.40. The topological polar surface area (TPSA) is 71.3 Å². The van der Waals surface area contributed by atoms with E-state index in [1.165, 1.54) is 12.8 Å². The Balaban J connectivity index is 1.52. The molecule has 148 valence electrons. The van der Waals surface area contributed by atoms with Crippen molar-refractivity contribution in [2.45, 2.75) is 77.3 Å². The second-order valence-corrected chi connectivity index (χ2v) is 8.68. The van der Waals surface area contributed by atoms with Gasteiger partial charge in [0.2, 0.25) is 11.8 Å². The number of amides is 2. The van der Waals surface area contributed by atoms with Crippen LogP contribution in [0.3, 0.4) is 0 Å². The maximum Gasteiger partial charge on any atom is 0.242 e. The van der Waals surface area contributed by atoms with Crippen LogP contribution < -0.4 is 0 Å². The molecule has 1 saturated carbocycles. The zero-order valence-electron chi connectivity index (χ0n) is 16.6. The van der Waals surface area contributed by atoms with Crippen molar-refractivity contribution in [2.24, 2.45) is 5.92 Å². The van der Waals surface area contributed by atoms with Crippen LogP contribution in [0.4, 0.5) is 0 Å². The molecule has 0 unspecified atom stereocenters. The van der Waals surface area contributed by atoms with E-state index in [4.69, 9.17) is 10.1 Å². The number of likely N-dealkylation sites (tertiary alicyclic amines) is 1. The van der Waals surface area contributed by atoms with E-state index in [1.54, 1.807) is 4.90 Å². The molecule has 4 rings (SSSR count). The Labute approximate surface area is 161 Å². The summed E-state index contributed by atoms with van der Waals surface area (Å²) in [6.07, 6.45) is 6.81. The van der Waals surface area contributed by atoms with Crippen LogP contribution in [0.25, 0.3) is 0 Å². The third-order valence-electron chi connectivity index (χ3n) is 5.90. The van der Waals surface area contributed by atoms with Gasteiger partial charge in [0.25, 0.3) is 0 Å². The van der Waals surface area contributed by atoms with Gasteiger partial charge < -0.3 is 9.80 Å². The molecule has 3 aliphatic rings. The summed E-state index contributed by atoms with van der Waals surface area (Å²) in [5.41, 5.74) is 0. The van der Waals surface area contributed by atoms with Gasteiger partial charge in [0.15, 0.2) is 5.82 Å². The number of carbonyl (C=O) groups excluding carboxylic acids is 2. The van der Waals surface area contributed by atoms with Crippen LogP contribution in [0.2, 0.25) is 0 Å². The molecule has 0 spiro atoms. The van der Waals surface area contributed by atoms with Crippen LogP contribution in [-0.2, 0) is 16.1 Å². The van der Waals surface area contributed by atoms with Crippen molar-refractivity contribution in [1.82, 2.24) is 24.6 Å². The van der Waals surface area contributed by atoms with Gasteiger partial charge in [-0.2, -0.15) is 5.10 Å². The maximum absolute atomic E-state index is 13.2. The summed E-state index contributed by atoms with van der Waals surface area (Å²) >= 11 is 0. The highest BCUT2D eigenvalue weighted by Gasteiger charge is 2.37. The predicted octanol–water partition coefficient (Wildman–Crippen LogP) is 2.49. The Hall–Kier alpha value is -1.92. The van der Waals surface area contributed by atoms with Crippen LogP contribution in [0.5, 0.6) is 0 Å². The lowest BCUT2D eigenvalue weighted by molar-refractivity contribution is -0.142. The summed E-state index contributed by atoms with van der Waals surface area (Å²) in [4.78, 5) is 34.0. The van der Waals surface area contributed by atoms with Crippen molar-refractivity contribution in [3.63, 3.8) is 0 Å². The zero-order chi connectivity index (χ0) is 19.0. The number of nitrogens with zero attached hydrogens (tertiary/aromatic N) is 5. The van der Waals surface area contributed by atoms with Crippen molar-refractivity contribution in [1.29, 1.82) is 0 Å². The third kappa shape index (κ3) is 4.01. The average molecular weight is 374 g/mol. The first-order valence-electron chi connectivity index (χ1n) is 10.5. The van der Waals surface area contributed by atoms with Crippen LogP contribution in [0.15, 0.2) is 0 Å². The molecular formula is C20H31N5O2. The van der Waals surface area contributed by atoms with Gasteiger partial charge in [0.05, 0.1) is 19.1 Å². The predicted molar refractivity (Wildman–Crippen MR) is 101 cm³/mol. The van der Waals surface area contributed by atoms with E-state index in [-0.39, 0.29) is 24.4 Å². The second kappa shape index (κ2) is 7.60. The van der Waals surface area contributed by atoms with Gasteiger partial charge in [-0.25, -0.2) is 9.67 Å². The minimum Gasteiger partial charge on any atom is -0.333 e. The molecule has 2 amide bonds. The molecule has 1 aromatic heterocycles. The molecule has 2 fully saturated rings. The Bertz CT molecular complexity index is 709. The summed E-state index contributed by atoms with van der Waals surface area (Å²) in [6.45, 7) is 6.62. The maximum atomic E-state index is 13.2. The molecule has 27 heavy (non-hydrogen) atoms. The fourth-order valence-electron chi connectivity index (χ4n) is 4.23. The summed E-state index contributed by atoms with van der Waals surface area (Å²) in [5, 5.41) is 4.71. The molecule has 3 heterocycles. The van der Waals surface area contributed by atoms with Crippen LogP contribution >= 0.6 is 0 Å². The van der Waals surface area contributed by atoms with E-state index < -0.39 is 0 Å². The van der Waals surface area contributed by atoms with Crippen molar-refractivity contribution < 1.29 is 9.59 Å². The molecule has 1 aliphatic carbocycles. The smallest absolute Gasteiger partial charge is 0.242 e. The number of hydrogen-bond donors (Lipinski definition) is 0. The Kier molecular flexibility index (Phi) is 5.19. The van der Waals surface area contributed by atoms with Crippen molar-refractivity contribution in [2.75, 3.05) is 19.6 Å². The molecular weight excluding hydrogens is 342 g/mol. The summed E-state index contributed by atoms with van der Waals surface area (Å²) in [5.74, 6) is 3.04. The molecule has 7 heteroatoms. The standard InChI is InChI=1S/C20H31N5O2/c1-14(2)12-16-20-21-19(15-7-8-15)22-25(20)11-10-24(16)18(27)13-23-9-5-3-4-6-17(23)26/h14-16H,3-13H2,1-2H3/t16-/m0/s1. The van der Waals surface area contributed by atoms with Crippen molar-refractivity contribution in [3.05, 3.63) is 11.6 Å². The first-order valence-corrected chi connectivity index (χ1v) is 10.5. The number of fused-ring (bicyclic) bond motifs is 1. The van der Waals surface area contributed by atoms with E-state index >= 15 is 0 Å². The minimum absolute atomic E-state index is 0.0340. The monoisotopic (exact) mass is 373 g/mol. The van der Waals surface area contributed by atoms with E-state index in [0.717, 1.165) is 37.3 Å². The lowest BCUT2D eigenvalue weighted by Gasteiger charge is -2.37. The highest BCUT2D eigenvalue weighted by molar-refractivity contribution is 5.85. The highest BCUT2D eigenvalue weighted by atomic mass is 16.2. The summed E-state index contributed by atoms with van der Waals surface area (Å²) < 4.78 is 2.02. The quantitative estimate of drug-likeness (QED) is 0.795. The molecule has 0 radical (unpaired) electrons. The molecule has 1 atom stereocenters. The first kappa shape index (κ1) is 18.4. The van der Waals surface area contributed by atoms with Crippen LogP contribution in [0, 0.1) is 5.92 Å². The number of carbonyl (C=O) groups is 2. The van der Waals surface area contributed by atoms with Gasteiger partial charge in [0, 0.05) is 25.4 Å². The fourth-order valence-corrected chi connectivity index (χ4v) is 4.23. The largest absolute Gasteiger partial charge is 0.333 e. The molecule has 2 aliphatic heterocycles. The second-order valence-electron chi connectivity index (χ2n) is 8.68. The summed E-state index contributed by atoms with van der Waals surface area (Å²) in [6, 6.07) is -0.0340. The lowest BCUT2D eigenvalue weighted by atomic mass is 10.00. The van der Waals surface area contributed by atoms with Gasteiger partial charge in [0.1, 0.15) is 5.82 Å². The third-order valence-corrected chi connectivity index (χ3v) is 5.90. The molecule has 7 nitrogen and oxygen atoms in total. The Morgan fingerprint density at radius 3 is 2.70 bits per heavy atom. The number of hydrogen-bond acceptors (Lipinski definition) is 4. The normalized spacial score (nSPS) is 23.5. The van der Waals surface area contributed by atoms with E-state index in [2.05, 4.69) is 13.8 Å². The van der Waals surface area contributed by atoms with E-state index in [9.17, 15) is 9.59 Å². The van der Waals surface area contributed by atoms with Gasteiger partial charge in [-0.15, -0.1) is 0 Å². The molecule has 1 aromatic rings. The van der Waals surface area contributed by atoms with Crippen molar-refractivity contribution >= 4 is 11.8 Å². The van der Waals surface area contributed by atoms with Crippen LogP contribution in [-0.4, -0.2) is 56.0 Å². The molecule has 1 saturated heterocycles. The molecule has 0 N–H and O–H groups in total. The average Bonchev–Trinajstić information content (AvgIpc) is 3.41. The van der Waals surface area contributed by atoms with Gasteiger partial charge in [-0.3, -0.25) is 9.59 Å². The van der Waals surface area contributed by atoms with E-state index in [1.807, 2.05) is 9.58 Å². The van der Waals surface area contributed by atoms with Gasteiger partial charge in [-0.05, 0) is 38.0 Å². The molecule has 0 aromatic carbocycles. The minimum atomic E-state index is -0.0340. The Morgan fingerprint density at radius 2 is 1.96 bits per heavy atom. The van der Waals surface area contributed by atoms with Gasteiger partial charge >= 0.3 is 0 Å². The lowest BCUT2D eigenvalue weighted by Crippen LogP contribution is -2.48.